The van der Waals surface area contributed by atoms with Crippen molar-refractivity contribution in [3.63, 3.8) is 0 Å². The van der Waals surface area contributed by atoms with Crippen molar-refractivity contribution in [2.24, 2.45) is 0 Å². The van der Waals surface area contributed by atoms with Crippen LogP contribution in [0.3, 0.4) is 0 Å². The highest BCUT2D eigenvalue weighted by molar-refractivity contribution is 7.15. The van der Waals surface area contributed by atoms with E-state index in [1.165, 1.54) is 11.3 Å². The zero-order valence-electron chi connectivity index (χ0n) is 18.1. The monoisotopic (exact) mass is 437 g/mol. The van der Waals surface area contributed by atoms with Crippen LogP contribution in [-0.4, -0.2) is 25.1 Å². The molecule has 0 fully saturated rings. The van der Waals surface area contributed by atoms with Crippen LogP contribution in [-0.2, 0) is 9.53 Å². The van der Waals surface area contributed by atoms with E-state index >= 15 is 0 Å². The molecule has 0 saturated heterocycles. The Bertz CT molecular complexity index is 1040. The standard InChI is InChI=1S/C25H27NO4S/c1-4-29-25(28)23-20(19-13-11-17(2)12-14-19)16-31-24(23)26-22(27)10-7-15-30-21-9-6-5-8-18(21)3/h5-6,8-9,11-14,16H,4,7,10,15H2,1-3H3,(H,26,27). The van der Waals surface area contributed by atoms with Crippen molar-refractivity contribution in [3.8, 4) is 16.9 Å². The number of carbonyl (C=O) groups excluding carboxylic acids is 2. The van der Waals surface area contributed by atoms with E-state index < -0.39 is 5.97 Å². The van der Waals surface area contributed by atoms with E-state index in [1.807, 2.05) is 67.8 Å². The topological polar surface area (TPSA) is 64.6 Å². The van der Waals surface area contributed by atoms with Gasteiger partial charge in [-0.2, -0.15) is 0 Å². The minimum absolute atomic E-state index is 0.156. The molecule has 0 aliphatic carbocycles. The number of carbonyl (C=O) groups is 2. The average Bonchev–Trinajstić information content (AvgIpc) is 3.16. The Labute approximate surface area is 187 Å². The molecule has 1 aromatic heterocycles. The molecule has 0 aliphatic heterocycles. The number of ether oxygens (including phenoxy) is 2. The van der Waals surface area contributed by atoms with E-state index in [-0.39, 0.29) is 12.5 Å². The van der Waals surface area contributed by atoms with Gasteiger partial charge in [0.1, 0.15) is 16.3 Å². The van der Waals surface area contributed by atoms with Crippen LogP contribution in [0.15, 0.2) is 53.9 Å². The van der Waals surface area contributed by atoms with Crippen LogP contribution in [0, 0.1) is 13.8 Å². The van der Waals surface area contributed by atoms with Gasteiger partial charge in [0, 0.05) is 17.4 Å². The number of para-hydroxylation sites is 1. The molecule has 0 bridgehead atoms. The summed E-state index contributed by atoms with van der Waals surface area (Å²) >= 11 is 1.33. The summed E-state index contributed by atoms with van der Waals surface area (Å²) in [6, 6.07) is 15.7. The largest absolute Gasteiger partial charge is 0.493 e. The molecule has 3 rings (SSSR count). The molecular weight excluding hydrogens is 410 g/mol. The van der Waals surface area contributed by atoms with Gasteiger partial charge in [-0.3, -0.25) is 4.79 Å². The fourth-order valence-electron chi connectivity index (χ4n) is 3.12. The number of hydrogen-bond donors (Lipinski definition) is 1. The van der Waals surface area contributed by atoms with Crippen LogP contribution in [0.4, 0.5) is 5.00 Å². The van der Waals surface area contributed by atoms with Gasteiger partial charge in [0.25, 0.3) is 0 Å². The number of esters is 1. The maximum atomic E-state index is 12.6. The lowest BCUT2D eigenvalue weighted by molar-refractivity contribution is -0.116. The smallest absolute Gasteiger partial charge is 0.341 e. The van der Waals surface area contributed by atoms with Gasteiger partial charge in [0.15, 0.2) is 0 Å². The van der Waals surface area contributed by atoms with Crippen molar-refractivity contribution in [3.05, 3.63) is 70.6 Å². The number of nitrogens with one attached hydrogen (secondary N) is 1. The number of rotatable bonds is 9. The van der Waals surface area contributed by atoms with E-state index in [2.05, 4.69) is 5.32 Å². The van der Waals surface area contributed by atoms with E-state index in [4.69, 9.17) is 9.47 Å². The highest BCUT2D eigenvalue weighted by Gasteiger charge is 2.22. The van der Waals surface area contributed by atoms with Gasteiger partial charge in [0.05, 0.1) is 13.2 Å². The first-order chi connectivity index (χ1) is 15.0. The molecular formula is C25H27NO4S. The normalized spacial score (nSPS) is 10.5. The molecule has 0 saturated carbocycles. The summed E-state index contributed by atoms with van der Waals surface area (Å²) in [4.78, 5) is 25.1. The Balaban J connectivity index is 1.66. The molecule has 1 heterocycles. The van der Waals surface area contributed by atoms with E-state index in [0.29, 0.717) is 30.0 Å². The molecule has 6 heteroatoms. The number of amides is 1. The van der Waals surface area contributed by atoms with Crippen LogP contribution >= 0.6 is 11.3 Å². The molecule has 3 aromatic rings. The molecule has 0 radical (unpaired) electrons. The lowest BCUT2D eigenvalue weighted by Crippen LogP contribution is -2.15. The molecule has 2 aromatic carbocycles. The third-order valence-electron chi connectivity index (χ3n) is 4.79. The molecule has 5 nitrogen and oxygen atoms in total. The SMILES string of the molecule is CCOC(=O)c1c(-c2ccc(C)cc2)csc1NC(=O)CCCOc1ccccc1C. The van der Waals surface area contributed by atoms with Gasteiger partial charge in [0.2, 0.25) is 5.91 Å². The van der Waals surface area contributed by atoms with Gasteiger partial charge in [-0.15, -0.1) is 11.3 Å². The fourth-order valence-corrected chi connectivity index (χ4v) is 4.10. The van der Waals surface area contributed by atoms with Gasteiger partial charge in [-0.1, -0.05) is 48.0 Å². The van der Waals surface area contributed by atoms with Crippen LogP contribution in [0.25, 0.3) is 11.1 Å². The summed E-state index contributed by atoms with van der Waals surface area (Å²) < 4.78 is 11.0. The number of hydrogen-bond acceptors (Lipinski definition) is 5. The number of aryl methyl sites for hydroxylation is 2. The summed E-state index contributed by atoms with van der Waals surface area (Å²) in [5, 5.41) is 5.28. The van der Waals surface area contributed by atoms with Crippen molar-refractivity contribution in [2.75, 3.05) is 18.5 Å². The van der Waals surface area contributed by atoms with Gasteiger partial charge in [-0.25, -0.2) is 4.79 Å². The Hall–Kier alpha value is -3.12. The number of anilines is 1. The maximum absolute atomic E-state index is 12.6. The summed E-state index contributed by atoms with van der Waals surface area (Å²) in [5.41, 5.74) is 4.28. The number of benzene rings is 2. The minimum atomic E-state index is -0.433. The quantitative estimate of drug-likeness (QED) is 0.329. The molecule has 1 amide bonds. The summed E-state index contributed by atoms with van der Waals surface area (Å²) in [7, 11) is 0. The first kappa shape index (κ1) is 22.6. The molecule has 0 aliphatic rings. The van der Waals surface area contributed by atoms with Crippen molar-refractivity contribution in [1.82, 2.24) is 0 Å². The van der Waals surface area contributed by atoms with Crippen molar-refractivity contribution < 1.29 is 19.1 Å². The fraction of sp³-hybridized carbons (Fsp3) is 0.280. The van der Waals surface area contributed by atoms with E-state index in [0.717, 1.165) is 28.0 Å². The molecule has 0 unspecified atom stereocenters. The first-order valence-corrected chi connectivity index (χ1v) is 11.2. The molecule has 31 heavy (non-hydrogen) atoms. The first-order valence-electron chi connectivity index (χ1n) is 10.3. The van der Waals surface area contributed by atoms with Crippen LogP contribution in [0.1, 0.15) is 41.3 Å². The predicted molar refractivity (Wildman–Crippen MR) is 125 cm³/mol. The Morgan fingerprint density at radius 1 is 1.03 bits per heavy atom. The second-order valence-corrected chi connectivity index (χ2v) is 8.09. The predicted octanol–water partition coefficient (Wildman–Crippen LogP) is 6.01. The maximum Gasteiger partial charge on any atom is 0.341 e. The summed E-state index contributed by atoms with van der Waals surface area (Å²) in [6.45, 7) is 6.48. The highest BCUT2D eigenvalue weighted by atomic mass is 32.1. The van der Waals surface area contributed by atoms with Gasteiger partial charge < -0.3 is 14.8 Å². The lowest BCUT2D eigenvalue weighted by Gasteiger charge is -2.10. The van der Waals surface area contributed by atoms with E-state index in [1.54, 1.807) is 6.92 Å². The van der Waals surface area contributed by atoms with Crippen LogP contribution in [0.2, 0.25) is 0 Å². The molecule has 0 atom stereocenters. The highest BCUT2D eigenvalue weighted by Crippen LogP contribution is 2.36. The third-order valence-corrected chi connectivity index (χ3v) is 5.68. The van der Waals surface area contributed by atoms with Crippen molar-refractivity contribution in [1.29, 1.82) is 0 Å². The van der Waals surface area contributed by atoms with Crippen molar-refractivity contribution >= 4 is 28.2 Å². The Kier molecular flexibility index (Phi) is 7.84. The zero-order valence-corrected chi connectivity index (χ0v) is 18.9. The van der Waals surface area contributed by atoms with Gasteiger partial charge in [-0.05, 0) is 44.4 Å². The summed E-state index contributed by atoms with van der Waals surface area (Å²) in [5.74, 6) is 0.238. The van der Waals surface area contributed by atoms with E-state index in [9.17, 15) is 9.59 Å². The van der Waals surface area contributed by atoms with Crippen LogP contribution < -0.4 is 10.1 Å². The molecule has 0 spiro atoms. The molecule has 1 N–H and O–H groups in total. The van der Waals surface area contributed by atoms with Gasteiger partial charge >= 0.3 is 5.97 Å². The Morgan fingerprint density at radius 3 is 2.48 bits per heavy atom. The van der Waals surface area contributed by atoms with Crippen LogP contribution in [0.5, 0.6) is 5.75 Å². The molecule has 162 valence electrons. The third kappa shape index (κ3) is 5.95. The minimum Gasteiger partial charge on any atom is -0.493 e. The Morgan fingerprint density at radius 2 is 1.77 bits per heavy atom. The second-order valence-electron chi connectivity index (χ2n) is 7.21. The number of thiophene rings is 1. The summed E-state index contributed by atoms with van der Waals surface area (Å²) in [6.07, 6.45) is 0.872. The van der Waals surface area contributed by atoms with Crippen molar-refractivity contribution in [2.45, 2.75) is 33.6 Å². The second kappa shape index (κ2) is 10.8. The average molecular weight is 438 g/mol. The lowest BCUT2D eigenvalue weighted by atomic mass is 10.0. The zero-order chi connectivity index (χ0) is 22.2.